The van der Waals surface area contributed by atoms with Crippen LogP contribution in [-0.4, -0.2) is 27.4 Å². The van der Waals surface area contributed by atoms with Crippen molar-refractivity contribution in [3.05, 3.63) is 69.7 Å². The monoisotopic (exact) mass is 372 g/mol. The Kier molecular flexibility index (Phi) is 5.59. The molecule has 3 aromatic rings. The van der Waals surface area contributed by atoms with Crippen LogP contribution in [0.3, 0.4) is 0 Å². The second-order valence-corrected chi connectivity index (χ2v) is 6.96. The third-order valence-corrected chi connectivity index (χ3v) is 4.40. The van der Waals surface area contributed by atoms with Crippen LogP contribution in [0.5, 0.6) is 5.75 Å². The Morgan fingerprint density at radius 2 is 2.00 bits per heavy atom. The summed E-state index contributed by atoms with van der Waals surface area (Å²) in [6.07, 6.45) is 0.593. The number of para-hydroxylation sites is 1. The van der Waals surface area contributed by atoms with E-state index in [1.165, 1.54) is 10.9 Å². The van der Waals surface area contributed by atoms with Crippen LogP contribution in [0.4, 0.5) is 0 Å². The van der Waals surface area contributed by atoms with Crippen molar-refractivity contribution in [2.45, 2.75) is 32.4 Å². The van der Waals surface area contributed by atoms with E-state index in [1.807, 2.05) is 24.3 Å². The van der Waals surface area contributed by atoms with E-state index in [4.69, 9.17) is 16.3 Å². The average molecular weight is 373 g/mol. The standard InChI is InChI=1S/C20H21ClN2O3/c1-13(2)16-5-3-4-6-19(16)26-11-15(24)10-23-12-22-18-8-7-14(21)9-17(18)20(23)25/h3-9,12-13,15,24H,10-11H2,1-2H3. The first kappa shape index (κ1) is 18.4. The number of hydrogen-bond acceptors (Lipinski definition) is 4. The van der Waals surface area contributed by atoms with E-state index in [0.717, 1.165) is 11.3 Å². The highest BCUT2D eigenvalue weighted by molar-refractivity contribution is 6.31. The van der Waals surface area contributed by atoms with Crippen molar-refractivity contribution in [3.63, 3.8) is 0 Å². The number of fused-ring (bicyclic) bond motifs is 1. The second-order valence-electron chi connectivity index (χ2n) is 6.52. The fraction of sp³-hybridized carbons (Fsp3) is 0.300. The summed E-state index contributed by atoms with van der Waals surface area (Å²) in [6.45, 7) is 4.36. The summed E-state index contributed by atoms with van der Waals surface area (Å²) in [5.74, 6) is 1.07. The third kappa shape index (κ3) is 4.06. The van der Waals surface area contributed by atoms with E-state index in [2.05, 4.69) is 18.8 Å². The van der Waals surface area contributed by atoms with Gasteiger partial charge in [0, 0.05) is 5.02 Å². The average Bonchev–Trinajstić information content (AvgIpc) is 2.63. The maximum Gasteiger partial charge on any atom is 0.261 e. The zero-order valence-corrected chi connectivity index (χ0v) is 15.5. The fourth-order valence-corrected chi connectivity index (χ4v) is 2.99. The zero-order valence-electron chi connectivity index (χ0n) is 14.7. The van der Waals surface area contributed by atoms with Crippen molar-refractivity contribution in [3.8, 4) is 5.75 Å². The van der Waals surface area contributed by atoms with Crippen LogP contribution < -0.4 is 10.3 Å². The number of benzene rings is 2. The Morgan fingerprint density at radius 3 is 2.77 bits per heavy atom. The van der Waals surface area contributed by atoms with Crippen molar-refractivity contribution in [2.75, 3.05) is 6.61 Å². The van der Waals surface area contributed by atoms with Crippen LogP contribution in [0.2, 0.25) is 5.02 Å². The van der Waals surface area contributed by atoms with Gasteiger partial charge in [-0.3, -0.25) is 9.36 Å². The van der Waals surface area contributed by atoms with Gasteiger partial charge in [0.05, 0.1) is 23.8 Å². The molecule has 136 valence electrons. The van der Waals surface area contributed by atoms with Gasteiger partial charge in [0.2, 0.25) is 0 Å². The molecule has 0 bridgehead atoms. The lowest BCUT2D eigenvalue weighted by atomic mass is 10.0. The molecule has 0 amide bonds. The van der Waals surface area contributed by atoms with E-state index >= 15 is 0 Å². The van der Waals surface area contributed by atoms with Crippen molar-refractivity contribution in [1.82, 2.24) is 9.55 Å². The van der Waals surface area contributed by atoms with E-state index in [9.17, 15) is 9.90 Å². The lowest BCUT2D eigenvalue weighted by molar-refractivity contribution is 0.0909. The first-order valence-corrected chi connectivity index (χ1v) is 8.88. The minimum absolute atomic E-state index is 0.0871. The molecule has 0 fully saturated rings. The Balaban J connectivity index is 1.73. The van der Waals surface area contributed by atoms with Gasteiger partial charge in [0.1, 0.15) is 18.5 Å². The van der Waals surface area contributed by atoms with Gasteiger partial charge in [-0.05, 0) is 35.7 Å². The number of aliphatic hydroxyl groups is 1. The zero-order chi connectivity index (χ0) is 18.7. The minimum atomic E-state index is -0.841. The summed E-state index contributed by atoms with van der Waals surface area (Å²) in [6, 6.07) is 12.7. The highest BCUT2D eigenvalue weighted by atomic mass is 35.5. The molecule has 1 heterocycles. The van der Waals surface area contributed by atoms with Crippen molar-refractivity contribution in [1.29, 1.82) is 0 Å². The molecule has 2 aromatic carbocycles. The molecule has 1 aromatic heterocycles. The molecule has 1 atom stereocenters. The molecule has 26 heavy (non-hydrogen) atoms. The van der Waals surface area contributed by atoms with Crippen molar-refractivity contribution < 1.29 is 9.84 Å². The van der Waals surface area contributed by atoms with Crippen LogP contribution in [0.25, 0.3) is 10.9 Å². The van der Waals surface area contributed by atoms with Crippen LogP contribution >= 0.6 is 11.6 Å². The summed E-state index contributed by atoms with van der Waals surface area (Å²) in [4.78, 5) is 16.8. The molecule has 0 saturated heterocycles. The lowest BCUT2D eigenvalue weighted by Crippen LogP contribution is -2.30. The molecule has 0 radical (unpaired) electrons. The van der Waals surface area contributed by atoms with Crippen LogP contribution in [0, 0.1) is 0 Å². The molecular weight excluding hydrogens is 352 g/mol. The maximum atomic E-state index is 12.5. The van der Waals surface area contributed by atoms with Crippen molar-refractivity contribution >= 4 is 22.5 Å². The summed E-state index contributed by atoms with van der Waals surface area (Å²) in [5.41, 5.74) is 1.42. The van der Waals surface area contributed by atoms with Gasteiger partial charge in [-0.25, -0.2) is 4.98 Å². The number of ether oxygens (including phenoxy) is 1. The first-order chi connectivity index (χ1) is 12.5. The Morgan fingerprint density at radius 1 is 1.23 bits per heavy atom. The highest BCUT2D eigenvalue weighted by Gasteiger charge is 2.12. The lowest BCUT2D eigenvalue weighted by Gasteiger charge is -2.17. The number of halogens is 1. The van der Waals surface area contributed by atoms with E-state index in [0.29, 0.717) is 21.8 Å². The minimum Gasteiger partial charge on any atom is -0.491 e. The Labute approximate surface area is 156 Å². The smallest absolute Gasteiger partial charge is 0.261 e. The molecule has 1 N–H and O–H groups in total. The van der Waals surface area contributed by atoms with E-state index < -0.39 is 6.10 Å². The van der Waals surface area contributed by atoms with Gasteiger partial charge in [-0.2, -0.15) is 0 Å². The molecule has 0 aliphatic carbocycles. The van der Waals surface area contributed by atoms with Gasteiger partial charge < -0.3 is 9.84 Å². The largest absolute Gasteiger partial charge is 0.491 e. The second kappa shape index (κ2) is 7.89. The van der Waals surface area contributed by atoms with E-state index in [-0.39, 0.29) is 18.7 Å². The molecule has 0 spiro atoms. The van der Waals surface area contributed by atoms with Gasteiger partial charge in [-0.15, -0.1) is 0 Å². The quantitative estimate of drug-likeness (QED) is 0.717. The van der Waals surface area contributed by atoms with Gasteiger partial charge in [0.15, 0.2) is 0 Å². The van der Waals surface area contributed by atoms with Crippen LogP contribution in [0.1, 0.15) is 25.3 Å². The third-order valence-electron chi connectivity index (χ3n) is 4.17. The van der Waals surface area contributed by atoms with E-state index in [1.54, 1.807) is 18.2 Å². The fourth-order valence-electron chi connectivity index (χ4n) is 2.82. The number of hydrogen-bond donors (Lipinski definition) is 1. The normalized spacial score (nSPS) is 12.5. The van der Waals surface area contributed by atoms with Gasteiger partial charge in [0.25, 0.3) is 5.56 Å². The summed E-state index contributed by atoms with van der Waals surface area (Å²) < 4.78 is 7.15. The molecule has 0 aliphatic heterocycles. The molecule has 0 aliphatic rings. The molecule has 6 heteroatoms. The highest BCUT2D eigenvalue weighted by Crippen LogP contribution is 2.25. The Hall–Kier alpha value is -2.37. The number of aliphatic hydroxyl groups excluding tert-OH is 1. The SMILES string of the molecule is CC(C)c1ccccc1OCC(O)Cn1cnc2ccc(Cl)cc2c1=O. The molecule has 3 rings (SSSR count). The van der Waals surface area contributed by atoms with Crippen LogP contribution in [0.15, 0.2) is 53.6 Å². The topological polar surface area (TPSA) is 64.3 Å². The summed E-state index contributed by atoms with van der Waals surface area (Å²) in [5, 5.41) is 11.2. The predicted molar refractivity (Wildman–Crippen MR) is 103 cm³/mol. The first-order valence-electron chi connectivity index (χ1n) is 8.50. The number of rotatable bonds is 6. The summed E-state index contributed by atoms with van der Waals surface area (Å²) >= 11 is 5.96. The maximum absolute atomic E-state index is 12.5. The van der Waals surface area contributed by atoms with Gasteiger partial charge >= 0.3 is 0 Å². The van der Waals surface area contributed by atoms with Gasteiger partial charge in [-0.1, -0.05) is 43.6 Å². The molecule has 0 saturated carbocycles. The van der Waals surface area contributed by atoms with Crippen LogP contribution in [-0.2, 0) is 6.54 Å². The Bertz CT molecular complexity index is 969. The number of nitrogens with zero attached hydrogens (tertiary/aromatic N) is 2. The predicted octanol–water partition coefficient (Wildman–Crippen LogP) is 3.61. The number of aromatic nitrogens is 2. The molecule has 5 nitrogen and oxygen atoms in total. The summed E-state index contributed by atoms with van der Waals surface area (Å²) in [7, 11) is 0. The van der Waals surface area contributed by atoms with Crippen molar-refractivity contribution in [2.24, 2.45) is 0 Å². The molecule has 1 unspecified atom stereocenters. The molecular formula is C20H21ClN2O3.